The normalized spacial score (nSPS) is 11.8. The zero-order valence-corrected chi connectivity index (χ0v) is 9.14. The van der Waals surface area contributed by atoms with Gasteiger partial charge in [-0.05, 0) is 17.2 Å². The van der Waals surface area contributed by atoms with Gasteiger partial charge in [-0.1, -0.05) is 41.9 Å². The molecule has 2 rings (SSSR count). The molecule has 2 aliphatic carbocycles. The first-order valence-corrected chi connectivity index (χ1v) is 5.08. The first kappa shape index (κ1) is 11.9. The Hall–Kier alpha value is -1.55. The number of halogens is 4. The molecule has 0 unspecified atom stereocenters. The van der Waals surface area contributed by atoms with E-state index in [0.29, 0.717) is 5.56 Å². The van der Waals surface area contributed by atoms with Crippen LogP contribution in [0.3, 0.4) is 0 Å². The molecule has 1 nitrogen and oxygen atoms in total. The van der Waals surface area contributed by atoms with Crippen LogP contribution in [0, 0.1) is 0 Å². The number of Topliss-reactive ketones (excluding diaryl/α,β-unsaturated/α-hetero) is 1. The smallest absolute Gasteiger partial charge is 0.284 e. The van der Waals surface area contributed by atoms with Gasteiger partial charge in [-0.25, -0.2) is 0 Å². The molecule has 0 aromatic heterocycles. The van der Waals surface area contributed by atoms with E-state index in [-0.39, 0.29) is 10.6 Å². The molecular weight excluding hydrogens is 253 g/mol. The standard InChI is InChI=1S/C12H6ClF3O/c13-9-6-7-4-2-1-3-5-8(7)10(9)11(17)12(14,15)16/h1-6H. The lowest BCUT2D eigenvalue weighted by molar-refractivity contribution is -0.0884. The van der Waals surface area contributed by atoms with Gasteiger partial charge in [-0.3, -0.25) is 4.79 Å². The molecule has 17 heavy (non-hydrogen) atoms. The molecule has 5 heteroatoms. The van der Waals surface area contributed by atoms with Crippen molar-refractivity contribution in [2.24, 2.45) is 0 Å². The van der Waals surface area contributed by atoms with E-state index in [1.165, 1.54) is 12.1 Å². The molecule has 0 fully saturated rings. The Kier molecular flexibility index (Phi) is 2.83. The molecule has 2 aliphatic rings. The number of carbonyl (C=O) groups is 1. The average molecular weight is 259 g/mol. The highest BCUT2D eigenvalue weighted by Crippen LogP contribution is 2.37. The average Bonchev–Trinajstić information content (AvgIpc) is 2.40. The molecule has 0 saturated carbocycles. The molecule has 0 spiro atoms. The summed E-state index contributed by atoms with van der Waals surface area (Å²) in [5, 5.41) is -0.173. The monoisotopic (exact) mass is 258 g/mol. The number of carbonyl (C=O) groups excluding carboxylic acids is 1. The van der Waals surface area contributed by atoms with E-state index < -0.39 is 17.5 Å². The minimum absolute atomic E-state index is 0.173. The van der Waals surface area contributed by atoms with Gasteiger partial charge in [0.25, 0.3) is 5.78 Å². The van der Waals surface area contributed by atoms with Crippen molar-refractivity contribution in [1.82, 2.24) is 0 Å². The summed E-state index contributed by atoms with van der Waals surface area (Å²) in [6.45, 7) is 0. The number of rotatable bonds is 1. The molecule has 0 heterocycles. The van der Waals surface area contributed by atoms with Gasteiger partial charge in [0.2, 0.25) is 0 Å². The van der Waals surface area contributed by atoms with Crippen LogP contribution in [0.5, 0.6) is 0 Å². The summed E-state index contributed by atoms with van der Waals surface area (Å²) in [5.74, 6) is -1.91. The minimum Gasteiger partial charge on any atom is -0.284 e. The third-order valence-electron chi connectivity index (χ3n) is 2.35. The highest BCUT2D eigenvalue weighted by atomic mass is 35.5. The van der Waals surface area contributed by atoms with Gasteiger partial charge in [0, 0.05) is 0 Å². The second-order valence-electron chi connectivity index (χ2n) is 3.47. The molecule has 0 atom stereocenters. The van der Waals surface area contributed by atoms with E-state index in [1.807, 2.05) is 0 Å². The van der Waals surface area contributed by atoms with Crippen LogP contribution >= 0.6 is 11.6 Å². The number of fused-ring (bicyclic) bond motifs is 1. The molecule has 88 valence electrons. The van der Waals surface area contributed by atoms with Crippen molar-refractivity contribution >= 4 is 17.4 Å². The van der Waals surface area contributed by atoms with Crippen LogP contribution in [0.1, 0.15) is 10.4 Å². The predicted molar refractivity (Wildman–Crippen MR) is 58.5 cm³/mol. The molecule has 0 aromatic carbocycles. The third kappa shape index (κ3) is 2.13. The molecule has 0 N–H and O–H groups in total. The van der Waals surface area contributed by atoms with Gasteiger partial charge in [-0.2, -0.15) is 13.2 Å². The summed E-state index contributed by atoms with van der Waals surface area (Å²) in [6, 6.07) is 9.30. The lowest BCUT2D eigenvalue weighted by Gasteiger charge is -2.05. The summed E-state index contributed by atoms with van der Waals surface area (Å²) in [4.78, 5) is 11.3. The van der Waals surface area contributed by atoms with E-state index in [2.05, 4.69) is 0 Å². The molecule has 0 amide bonds. The van der Waals surface area contributed by atoms with Gasteiger partial charge in [0.05, 0.1) is 10.6 Å². The van der Waals surface area contributed by atoms with Crippen molar-refractivity contribution in [3.8, 4) is 11.1 Å². The van der Waals surface area contributed by atoms with Gasteiger partial charge >= 0.3 is 6.18 Å². The fraction of sp³-hybridized carbons (Fsp3) is 0.0833. The quantitative estimate of drug-likeness (QED) is 0.701. The zero-order chi connectivity index (χ0) is 12.6. The fourth-order valence-corrected chi connectivity index (χ4v) is 1.93. The van der Waals surface area contributed by atoms with E-state index in [9.17, 15) is 18.0 Å². The maximum Gasteiger partial charge on any atom is 0.454 e. The summed E-state index contributed by atoms with van der Waals surface area (Å²) in [7, 11) is 0. The van der Waals surface area contributed by atoms with Crippen molar-refractivity contribution in [3.63, 3.8) is 0 Å². The maximum absolute atomic E-state index is 12.4. The third-order valence-corrected chi connectivity index (χ3v) is 2.64. The number of hydrogen-bond donors (Lipinski definition) is 0. The molecule has 0 bridgehead atoms. The van der Waals surface area contributed by atoms with Crippen LogP contribution in [0.2, 0.25) is 5.02 Å². The van der Waals surface area contributed by atoms with Crippen LogP contribution in [-0.2, 0) is 0 Å². The fourth-order valence-electron chi connectivity index (χ4n) is 1.62. The Balaban J connectivity index is 2.66. The first-order valence-electron chi connectivity index (χ1n) is 4.70. The van der Waals surface area contributed by atoms with Crippen LogP contribution in [0.15, 0.2) is 36.4 Å². The Morgan fingerprint density at radius 1 is 1.12 bits per heavy atom. The topological polar surface area (TPSA) is 17.1 Å². The zero-order valence-electron chi connectivity index (χ0n) is 8.38. The first-order chi connectivity index (χ1) is 7.91. The molecule has 0 aromatic rings. The van der Waals surface area contributed by atoms with Gasteiger partial charge in [0.1, 0.15) is 0 Å². The van der Waals surface area contributed by atoms with Gasteiger partial charge < -0.3 is 0 Å². The molecule has 0 aliphatic heterocycles. The second-order valence-corrected chi connectivity index (χ2v) is 3.88. The Morgan fingerprint density at radius 2 is 1.76 bits per heavy atom. The van der Waals surface area contributed by atoms with E-state index in [0.717, 1.165) is 0 Å². The van der Waals surface area contributed by atoms with Crippen LogP contribution in [0.4, 0.5) is 13.2 Å². The summed E-state index contributed by atoms with van der Waals surface area (Å²) >= 11 is 5.69. The maximum atomic E-state index is 12.4. The largest absolute Gasteiger partial charge is 0.454 e. The van der Waals surface area contributed by atoms with Gasteiger partial charge in [0.15, 0.2) is 0 Å². The highest BCUT2D eigenvalue weighted by molar-refractivity contribution is 6.36. The van der Waals surface area contributed by atoms with Crippen LogP contribution in [-0.4, -0.2) is 12.0 Å². The lowest BCUT2D eigenvalue weighted by atomic mass is 10.1. The van der Waals surface area contributed by atoms with Crippen molar-refractivity contribution < 1.29 is 18.0 Å². The minimum atomic E-state index is -4.92. The van der Waals surface area contributed by atoms with E-state index in [4.69, 9.17) is 11.6 Å². The molecule has 0 radical (unpaired) electrons. The van der Waals surface area contributed by atoms with Gasteiger partial charge in [-0.15, -0.1) is 0 Å². The second kappa shape index (κ2) is 4.04. The number of hydrogen-bond acceptors (Lipinski definition) is 1. The van der Waals surface area contributed by atoms with Crippen molar-refractivity contribution in [3.05, 3.63) is 47.0 Å². The highest BCUT2D eigenvalue weighted by Gasteiger charge is 2.42. The van der Waals surface area contributed by atoms with E-state index in [1.54, 1.807) is 24.3 Å². The Morgan fingerprint density at radius 3 is 2.41 bits per heavy atom. The Labute approximate surface area is 100 Å². The van der Waals surface area contributed by atoms with E-state index >= 15 is 0 Å². The number of alkyl halides is 3. The van der Waals surface area contributed by atoms with Crippen LogP contribution in [0.25, 0.3) is 11.1 Å². The molecular formula is C12H6ClF3O. The summed E-state index contributed by atoms with van der Waals surface area (Å²) in [5.41, 5.74) is 0.236. The van der Waals surface area contributed by atoms with Crippen LogP contribution < -0.4 is 0 Å². The van der Waals surface area contributed by atoms with Crippen molar-refractivity contribution in [1.29, 1.82) is 0 Å². The summed E-state index contributed by atoms with van der Waals surface area (Å²) < 4.78 is 37.2. The molecule has 0 saturated heterocycles. The number of ketones is 1. The van der Waals surface area contributed by atoms with Crippen molar-refractivity contribution in [2.45, 2.75) is 6.18 Å². The summed E-state index contributed by atoms with van der Waals surface area (Å²) in [6.07, 6.45) is -4.92. The lowest BCUT2D eigenvalue weighted by Crippen LogP contribution is -2.22. The Bertz CT molecular complexity index is 548. The SMILES string of the molecule is O=C(c1c(Cl)cc2cccccc1-2)C(F)(F)F. The predicted octanol–water partition coefficient (Wildman–Crippen LogP) is 4.19. The van der Waals surface area contributed by atoms with Crippen molar-refractivity contribution in [2.75, 3.05) is 0 Å².